The van der Waals surface area contributed by atoms with E-state index < -0.39 is 76.7 Å². The summed E-state index contributed by atoms with van der Waals surface area (Å²) in [6.45, 7) is 13.9. The summed E-state index contributed by atoms with van der Waals surface area (Å²) < 4.78 is 30.1. The average Bonchev–Trinajstić information content (AvgIpc) is 2.96. The summed E-state index contributed by atoms with van der Waals surface area (Å²) in [5, 5.41) is 11.8. The maximum atomic E-state index is 13.0. The molecule has 0 radical (unpaired) electrons. The second-order valence-corrected chi connectivity index (χ2v) is 13.2. The van der Waals surface area contributed by atoms with Crippen molar-refractivity contribution in [3.05, 3.63) is 65.3 Å². The van der Waals surface area contributed by atoms with E-state index in [-0.39, 0.29) is 13.0 Å². The van der Waals surface area contributed by atoms with Gasteiger partial charge in [-0.2, -0.15) is 0 Å². The molecule has 0 unspecified atom stereocenters. The van der Waals surface area contributed by atoms with Gasteiger partial charge >= 0.3 is 23.9 Å². The molecule has 9 atom stereocenters. The summed E-state index contributed by atoms with van der Waals surface area (Å²) in [7, 11) is 0. The third kappa shape index (κ3) is 5.74. The SMILES string of the molecule is C=C1[C@@H](OC(=O)/C=C/c2ccccc2)CC[C@@]2(C)[C@@H](OC(C)=O)[C@H](OC(C)=O)C3=C(C)[C@]4(O)C[C@@H]([C@@H](OC(C)=O)[C@H]12)[C@@]3(C)CO4. The van der Waals surface area contributed by atoms with Crippen molar-refractivity contribution in [3.63, 3.8) is 0 Å². The summed E-state index contributed by atoms with van der Waals surface area (Å²) in [5.74, 6) is -5.25. The molecular weight excluding hydrogens is 580 g/mol. The molecule has 0 aromatic heterocycles. The molecule has 1 aromatic rings. The molecule has 2 saturated carbocycles. The molecule has 4 bridgehead atoms. The largest absolute Gasteiger partial charge is 0.462 e. The first-order valence-electron chi connectivity index (χ1n) is 15.3. The van der Waals surface area contributed by atoms with Crippen LogP contribution < -0.4 is 0 Å². The van der Waals surface area contributed by atoms with Crippen molar-refractivity contribution in [2.75, 3.05) is 6.61 Å². The monoisotopic (exact) mass is 622 g/mol. The number of hydrogen-bond donors (Lipinski definition) is 1. The predicted octanol–water partition coefficient (Wildman–Crippen LogP) is 4.45. The van der Waals surface area contributed by atoms with E-state index in [0.29, 0.717) is 29.6 Å². The Balaban J connectivity index is 1.64. The fourth-order valence-corrected chi connectivity index (χ4v) is 8.25. The number of hydrogen-bond acceptors (Lipinski definition) is 10. The molecule has 10 nitrogen and oxygen atoms in total. The van der Waals surface area contributed by atoms with E-state index in [4.69, 9.17) is 23.7 Å². The maximum Gasteiger partial charge on any atom is 0.331 e. The van der Waals surface area contributed by atoms with E-state index in [2.05, 4.69) is 6.58 Å². The number of fused-ring (bicyclic) bond motifs is 2. The quantitative estimate of drug-likeness (QED) is 0.210. The molecule has 10 heteroatoms. The first-order chi connectivity index (χ1) is 21.1. The summed E-state index contributed by atoms with van der Waals surface area (Å²) in [5.41, 5.74) is 0.503. The van der Waals surface area contributed by atoms with Gasteiger partial charge in [-0.1, -0.05) is 50.8 Å². The summed E-state index contributed by atoms with van der Waals surface area (Å²) in [6.07, 6.45) is 0.0508. The van der Waals surface area contributed by atoms with E-state index in [1.807, 2.05) is 44.2 Å². The van der Waals surface area contributed by atoms with E-state index in [9.17, 15) is 24.3 Å². The zero-order valence-electron chi connectivity index (χ0n) is 26.7. The second-order valence-electron chi connectivity index (χ2n) is 13.2. The van der Waals surface area contributed by atoms with Crippen LogP contribution in [0.1, 0.15) is 66.4 Å². The first kappa shape index (κ1) is 32.6. The van der Waals surface area contributed by atoms with Crippen molar-refractivity contribution in [2.45, 2.75) is 91.0 Å². The number of carbonyl (C=O) groups excluding carboxylic acids is 4. The Hall–Kier alpha value is -3.76. The number of ether oxygens (including phenoxy) is 5. The minimum Gasteiger partial charge on any atom is -0.462 e. The minimum absolute atomic E-state index is 0.0434. The Kier molecular flexibility index (Phi) is 8.61. The molecular formula is C35H42O10. The highest BCUT2D eigenvalue weighted by molar-refractivity contribution is 5.87. The van der Waals surface area contributed by atoms with Crippen molar-refractivity contribution in [1.29, 1.82) is 0 Å². The van der Waals surface area contributed by atoms with Gasteiger partial charge in [-0.3, -0.25) is 14.4 Å². The van der Waals surface area contributed by atoms with E-state index in [1.165, 1.54) is 26.8 Å². The molecule has 0 amide bonds. The molecule has 2 aliphatic heterocycles. The number of esters is 4. The molecule has 1 saturated heterocycles. The molecule has 5 aliphatic rings. The number of rotatable bonds is 6. The molecule has 45 heavy (non-hydrogen) atoms. The second kappa shape index (κ2) is 11.9. The lowest BCUT2D eigenvalue weighted by Crippen LogP contribution is -2.69. The van der Waals surface area contributed by atoms with Gasteiger partial charge in [0, 0.05) is 55.9 Å². The van der Waals surface area contributed by atoms with Crippen LogP contribution in [0.2, 0.25) is 0 Å². The van der Waals surface area contributed by atoms with Gasteiger partial charge in [-0.15, -0.1) is 0 Å². The topological polar surface area (TPSA) is 135 Å². The summed E-state index contributed by atoms with van der Waals surface area (Å²) in [4.78, 5) is 51.1. The van der Waals surface area contributed by atoms with Crippen LogP contribution in [0.25, 0.3) is 6.08 Å². The Morgan fingerprint density at radius 2 is 1.62 bits per heavy atom. The lowest BCUT2D eigenvalue weighted by Gasteiger charge is -2.64. The van der Waals surface area contributed by atoms with Gasteiger partial charge in [-0.05, 0) is 48.1 Å². The van der Waals surface area contributed by atoms with Crippen molar-refractivity contribution < 1.29 is 48.0 Å². The van der Waals surface area contributed by atoms with Gasteiger partial charge in [0.15, 0.2) is 11.9 Å². The third-order valence-corrected chi connectivity index (χ3v) is 10.3. The van der Waals surface area contributed by atoms with Crippen LogP contribution in [-0.2, 0) is 42.9 Å². The fourth-order valence-electron chi connectivity index (χ4n) is 8.25. The normalized spacial score (nSPS) is 37.3. The van der Waals surface area contributed by atoms with Crippen LogP contribution in [0, 0.1) is 22.7 Å². The molecule has 6 rings (SSSR count). The van der Waals surface area contributed by atoms with Crippen molar-refractivity contribution >= 4 is 30.0 Å². The predicted molar refractivity (Wildman–Crippen MR) is 162 cm³/mol. The van der Waals surface area contributed by atoms with Crippen LogP contribution in [0.4, 0.5) is 0 Å². The lowest BCUT2D eigenvalue weighted by molar-refractivity contribution is -0.284. The van der Waals surface area contributed by atoms with Gasteiger partial charge in [0.25, 0.3) is 0 Å². The molecule has 1 N–H and O–H groups in total. The van der Waals surface area contributed by atoms with Gasteiger partial charge in [-0.25, -0.2) is 4.79 Å². The lowest BCUT2D eigenvalue weighted by atomic mass is 9.48. The first-order valence-corrected chi connectivity index (χ1v) is 15.3. The molecule has 0 spiro atoms. The minimum atomic E-state index is -1.73. The number of carbonyl (C=O) groups is 4. The van der Waals surface area contributed by atoms with E-state index >= 15 is 0 Å². The molecule has 2 heterocycles. The molecule has 1 aromatic carbocycles. The Bertz CT molecular complexity index is 1460. The van der Waals surface area contributed by atoms with Gasteiger partial charge in [0.05, 0.1) is 6.61 Å². The fraction of sp³-hybridized carbons (Fsp3) is 0.543. The highest BCUT2D eigenvalue weighted by Gasteiger charge is 2.69. The highest BCUT2D eigenvalue weighted by Crippen LogP contribution is 2.64. The van der Waals surface area contributed by atoms with E-state index in [0.717, 1.165) is 5.56 Å². The van der Waals surface area contributed by atoms with Crippen LogP contribution in [-0.4, -0.2) is 65.8 Å². The van der Waals surface area contributed by atoms with Gasteiger partial charge < -0.3 is 28.8 Å². The van der Waals surface area contributed by atoms with Crippen LogP contribution in [0.15, 0.2) is 59.7 Å². The van der Waals surface area contributed by atoms with Crippen LogP contribution in [0.3, 0.4) is 0 Å². The van der Waals surface area contributed by atoms with E-state index in [1.54, 1.807) is 13.0 Å². The van der Waals surface area contributed by atoms with Crippen molar-refractivity contribution in [2.24, 2.45) is 22.7 Å². The number of benzene rings is 1. The maximum absolute atomic E-state index is 13.0. The standard InChI is InChI=1S/C35H42O10/c1-19-26(45-27(39)14-13-24-11-9-8-10-12-24)15-16-33(6)28(19)30(42-21(3)36)25-17-35(40)20(2)29(34(25,7)18-41-35)31(43-22(4)37)32(33)44-23(5)38/h8-14,25-26,28,30-32,40H,1,15-18H2,2-7H3/b14-13+/t25-,26-,28-,30+,31+,32-,33+,34+,35-/m0/s1. The van der Waals surface area contributed by atoms with Crippen molar-refractivity contribution in [1.82, 2.24) is 0 Å². The third-order valence-electron chi connectivity index (χ3n) is 10.3. The molecule has 3 aliphatic carbocycles. The Labute approximate surface area is 263 Å². The summed E-state index contributed by atoms with van der Waals surface area (Å²) >= 11 is 0. The Morgan fingerprint density at radius 1 is 0.978 bits per heavy atom. The molecule has 242 valence electrons. The number of aliphatic hydroxyl groups is 1. The highest BCUT2D eigenvalue weighted by atomic mass is 16.6. The average molecular weight is 623 g/mol. The van der Waals surface area contributed by atoms with Crippen LogP contribution in [0.5, 0.6) is 0 Å². The Morgan fingerprint density at radius 3 is 2.24 bits per heavy atom. The van der Waals surface area contributed by atoms with Gasteiger partial charge in [0.1, 0.15) is 18.3 Å². The summed E-state index contributed by atoms with van der Waals surface area (Å²) in [6, 6.07) is 9.34. The zero-order chi connectivity index (χ0) is 32.9. The van der Waals surface area contributed by atoms with Crippen LogP contribution >= 0.6 is 0 Å². The van der Waals surface area contributed by atoms with Crippen molar-refractivity contribution in [3.8, 4) is 0 Å². The van der Waals surface area contributed by atoms with Gasteiger partial charge in [0.2, 0.25) is 0 Å². The zero-order valence-corrected chi connectivity index (χ0v) is 26.7. The smallest absolute Gasteiger partial charge is 0.331 e. The molecule has 3 fully saturated rings.